The number of nitrogens with two attached hydrogens (primary N) is 1. The Hall–Kier alpha value is -2.93. The molecule has 0 spiro atoms. The van der Waals surface area contributed by atoms with Gasteiger partial charge in [-0.2, -0.15) is 9.97 Å². The zero-order chi connectivity index (χ0) is 28.7. The molecule has 13 heteroatoms. The topological polar surface area (TPSA) is 92.4 Å². The van der Waals surface area contributed by atoms with Crippen LogP contribution in [0, 0.1) is 11.6 Å². The van der Waals surface area contributed by atoms with Gasteiger partial charge in [0.05, 0.1) is 20.8 Å². The second kappa shape index (κ2) is 9.80. The summed E-state index contributed by atoms with van der Waals surface area (Å²) in [6.07, 6.45) is 3.45. The second-order valence-corrected chi connectivity index (χ2v) is 13.4. The number of rotatable bonds is 5. The lowest BCUT2D eigenvalue weighted by Gasteiger charge is -2.34. The average Bonchev–Trinajstić information content (AvgIpc) is 3.70. The minimum Gasteiger partial charge on any atom is -0.461 e. The summed E-state index contributed by atoms with van der Waals surface area (Å²) in [5.41, 5.74) is 6.17. The number of alkyl halides is 1. The monoisotopic (exact) mass is 615 g/mol. The van der Waals surface area contributed by atoms with Crippen molar-refractivity contribution in [1.82, 2.24) is 25.2 Å². The van der Waals surface area contributed by atoms with Gasteiger partial charge in [-0.1, -0.05) is 22.9 Å². The van der Waals surface area contributed by atoms with Gasteiger partial charge in [-0.3, -0.25) is 4.90 Å². The fourth-order valence-electron chi connectivity index (χ4n) is 7.52. The summed E-state index contributed by atoms with van der Waals surface area (Å²) < 4.78 is 52.1. The number of hydrogen-bond acceptors (Lipinski definition) is 9. The Morgan fingerprint density at radius 3 is 2.74 bits per heavy atom. The first-order valence-electron chi connectivity index (χ1n) is 14.4. The third kappa shape index (κ3) is 4.21. The highest BCUT2D eigenvalue weighted by atomic mass is 35.5. The molecule has 3 N–H and O–H groups in total. The molecule has 6 heterocycles. The van der Waals surface area contributed by atoms with Crippen LogP contribution in [0.4, 0.5) is 24.1 Å². The smallest absolute Gasteiger partial charge is 0.319 e. The molecule has 8 rings (SSSR count). The van der Waals surface area contributed by atoms with Crippen LogP contribution in [0.2, 0.25) is 5.02 Å². The number of anilines is 2. The van der Waals surface area contributed by atoms with E-state index in [9.17, 15) is 8.78 Å². The summed E-state index contributed by atoms with van der Waals surface area (Å²) in [4.78, 5) is 18.0. The predicted molar refractivity (Wildman–Crippen MR) is 158 cm³/mol. The predicted octanol–water partition coefficient (Wildman–Crippen LogP) is 5.32. The van der Waals surface area contributed by atoms with Crippen molar-refractivity contribution in [1.29, 1.82) is 0 Å². The van der Waals surface area contributed by atoms with Gasteiger partial charge < -0.3 is 20.7 Å². The number of hydrogen-bond donors (Lipinski definition) is 2. The highest BCUT2D eigenvalue weighted by Gasteiger charge is 2.49. The van der Waals surface area contributed by atoms with E-state index in [0.29, 0.717) is 54.9 Å². The first kappa shape index (κ1) is 26.7. The Morgan fingerprint density at radius 2 is 1.93 bits per heavy atom. The van der Waals surface area contributed by atoms with Crippen molar-refractivity contribution < 1.29 is 17.9 Å². The van der Waals surface area contributed by atoms with Gasteiger partial charge in [0, 0.05) is 54.7 Å². The minimum absolute atomic E-state index is 0.0428. The van der Waals surface area contributed by atoms with E-state index in [1.54, 1.807) is 6.07 Å². The van der Waals surface area contributed by atoms with E-state index in [0.717, 1.165) is 43.6 Å². The van der Waals surface area contributed by atoms with E-state index in [-0.39, 0.29) is 44.1 Å². The number of fused-ring (bicyclic) bond motifs is 5. The van der Waals surface area contributed by atoms with Crippen molar-refractivity contribution in [3.63, 3.8) is 0 Å². The highest BCUT2D eigenvalue weighted by molar-refractivity contribution is 7.22. The van der Waals surface area contributed by atoms with Crippen LogP contribution in [0.15, 0.2) is 18.2 Å². The largest absolute Gasteiger partial charge is 0.461 e. The molecule has 4 aromatic rings. The van der Waals surface area contributed by atoms with E-state index >= 15 is 4.39 Å². The fourth-order valence-corrected chi connectivity index (χ4v) is 8.58. The molecular weight excluding hydrogens is 587 g/mol. The lowest BCUT2D eigenvalue weighted by Crippen LogP contribution is -2.51. The molecule has 2 aromatic heterocycles. The van der Waals surface area contributed by atoms with Crippen LogP contribution in [0.3, 0.4) is 0 Å². The van der Waals surface area contributed by atoms with E-state index in [4.69, 9.17) is 27.1 Å². The standard InChI is InChI=1S/C29H29ClF3N7OS/c30-19-8-18-23(22(33)21(19)17-4-5-20(32)25-24(17)36-27(34)42-25)37-28(38-26(18)39-11-15-2-3-16(12-39)35-15)41-13-29-6-1-7-40(29)10-14(31)9-29/h4-5,8,14-16,35H,1-3,6-7,9-13H2,(H2,34,36)/t14-,15?,16?,29-/m1/s1. The van der Waals surface area contributed by atoms with E-state index < -0.39 is 23.3 Å². The molecule has 8 nitrogen and oxygen atoms in total. The number of nitrogens with zero attached hydrogens (tertiary/aromatic N) is 5. The Morgan fingerprint density at radius 1 is 1.12 bits per heavy atom. The number of nitrogens with one attached hydrogen (secondary N) is 1. The van der Waals surface area contributed by atoms with Gasteiger partial charge in [-0.05, 0) is 50.4 Å². The van der Waals surface area contributed by atoms with Gasteiger partial charge >= 0.3 is 6.01 Å². The summed E-state index contributed by atoms with van der Waals surface area (Å²) in [5.74, 6) is -0.607. The number of nitrogen functional groups attached to an aromatic ring is 1. The number of piperazine rings is 1. The highest BCUT2D eigenvalue weighted by Crippen LogP contribution is 2.44. The maximum Gasteiger partial charge on any atom is 0.319 e. The molecule has 4 aliphatic rings. The quantitative estimate of drug-likeness (QED) is 0.312. The molecule has 2 aromatic carbocycles. The van der Waals surface area contributed by atoms with Crippen molar-refractivity contribution >= 4 is 55.0 Å². The Labute approximate surface area is 249 Å². The molecule has 42 heavy (non-hydrogen) atoms. The molecule has 2 bridgehead atoms. The lowest BCUT2D eigenvalue weighted by atomic mass is 9.95. The Balaban J connectivity index is 1.27. The van der Waals surface area contributed by atoms with Crippen LogP contribution in [0.5, 0.6) is 6.01 Å². The van der Waals surface area contributed by atoms with E-state index in [1.807, 2.05) is 0 Å². The molecular formula is C29H29ClF3N7OS. The molecule has 0 radical (unpaired) electrons. The van der Waals surface area contributed by atoms with Gasteiger partial charge in [0.15, 0.2) is 10.9 Å². The molecule has 4 saturated heterocycles. The Kier molecular flexibility index (Phi) is 6.22. The minimum atomic E-state index is -0.896. The number of ether oxygens (including phenoxy) is 1. The molecule has 2 unspecified atom stereocenters. The maximum absolute atomic E-state index is 16.7. The summed E-state index contributed by atoms with van der Waals surface area (Å²) in [5, 5.41) is 4.39. The van der Waals surface area contributed by atoms with E-state index in [1.165, 1.54) is 12.1 Å². The molecule has 0 amide bonds. The zero-order valence-corrected chi connectivity index (χ0v) is 24.2. The summed E-state index contributed by atoms with van der Waals surface area (Å²) in [6, 6.07) is 5.06. The number of benzene rings is 2. The van der Waals surface area contributed by atoms with Crippen LogP contribution >= 0.6 is 22.9 Å². The van der Waals surface area contributed by atoms with Gasteiger partial charge in [-0.25, -0.2) is 18.2 Å². The van der Waals surface area contributed by atoms with E-state index in [2.05, 4.69) is 25.1 Å². The average molecular weight is 616 g/mol. The molecule has 4 aliphatic heterocycles. The lowest BCUT2D eigenvalue weighted by molar-refractivity contribution is 0.107. The van der Waals surface area contributed by atoms with Crippen LogP contribution in [0.25, 0.3) is 32.2 Å². The van der Waals surface area contributed by atoms with Gasteiger partial charge in [0.2, 0.25) is 0 Å². The molecule has 4 atom stereocenters. The summed E-state index contributed by atoms with van der Waals surface area (Å²) >= 11 is 7.78. The fraction of sp³-hybridized carbons (Fsp3) is 0.483. The molecule has 4 fully saturated rings. The first-order valence-corrected chi connectivity index (χ1v) is 15.5. The van der Waals surface area contributed by atoms with Crippen molar-refractivity contribution in [2.45, 2.75) is 55.9 Å². The third-order valence-corrected chi connectivity index (χ3v) is 10.6. The normalized spacial score (nSPS) is 27.4. The summed E-state index contributed by atoms with van der Waals surface area (Å²) in [6.45, 7) is 2.88. The van der Waals surface area contributed by atoms with Crippen molar-refractivity contribution in [2.75, 3.05) is 43.4 Å². The van der Waals surface area contributed by atoms with Gasteiger partial charge in [0.25, 0.3) is 0 Å². The summed E-state index contributed by atoms with van der Waals surface area (Å²) in [7, 11) is 0. The van der Waals surface area contributed by atoms with Gasteiger partial charge in [-0.15, -0.1) is 0 Å². The molecule has 0 aliphatic carbocycles. The molecule has 0 saturated carbocycles. The van der Waals surface area contributed by atoms with Gasteiger partial charge in [0.1, 0.15) is 29.9 Å². The second-order valence-electron chi connectivity index (χ2n) is 12.0. The van der Waals surface area contributed by atoms with Crippen LogP contribution in [-0.4, -0.2) is 76.4 Å². The number of aromatic nitrogens is 3. The number of thiazole rings is 1. The first-order chi connectivity index (χ1) is 20.3. The van der Waals surface area contributed by atoms with Crippen LogP contribution < -0.4 is 20.7 Å². The van der Waals surface area contributed by atoms with Crippen molar-refractivity contribution in [3.05, 3.63) is 34.9 Å². The Bertz CT molecular complexity index is 1730. The maximum atomic E-state index is 16.7. The van der Waals surface area contributed by atoms with Crippen LogP contribution in [0.1, 0.15) is 32.1 Å². The molecule has 220 valence electrons. The zero-order valence-electron chi connectivity index (χ0n) is 22.7. The SMILES string of the molecule is Nc1nc2c(-c3c(Cl)cc4c(N5CC6CCC(C5)N6)nc(OC[C@]56CCCN5C[C@H](F)C6)nc4c3F)ccc(F)c2s1. The van der Waals surface area contributed by atoms with Crippen molar-refractivity contribution in [3.8, 4) is 17.1 Å². The van der Waals surface area contributed by atoms with Crippen molar-refractivity contribution in [2.24, 2.45) is 0 Å². The third-order valence-electron chi connectivity index (χ3n) is 9.37. The van der Waals surface area contributed by atoms with Crippen LogP contribution in [-0.2, 0) is 0 Å². The number of halogens is 4.